The highest BCUT2D eigenvalue weighted by Crippen LogP contribution is 2.30. The lowest BCUT2D eigenvalue weighted by Gasteiger charge is -2.14. The molecule has 2 nitrogen and oxygen atoms in total. The third-order valence-corrected chi connectivity index (χ3v) is 3.56. The molecule has 0 spiro atoms. The zero-order valence-electron chi connectivity index (χ0n) is 7.84. The third-order valence-electron chi connectivity index (χ3n) is 2.55. The van der Waals surface area contributed by atoms with Crippen LogP contribution in [-0.2, 0) is 6.42 Å². The van der Waals surface area contributed by atoms with Crippen molar-refractivity contribution in [3.63, 3.8) is 0 Å². The van der Waals surface area contributed by atoms with E-state index in [0.717, 1.165) is 12.2 Å². The molecule has 0 amide bonds. The predicted octanol–water partition coefficient (Wildman–Crippen LogP) is 2.68. The summed E-state index contributed by atoms with van der Waals surface area (Å²) in [6, 6.07) is 2.64. The van der Waals surface area contributed by atoms with Crippen LogP contribution in [0.15, 0.2) is 12.3 Å². The molecule has 0 radical (unpaired) electrons. The number of nitrogens with one attached hydrogen (secondary N) is 1. The zero-order valence-corrected chi connectivity index (χ0v) is 10.00. The lowest BCUT2D eigenvalue weighted by molar-refractivity contribution is 0.537. The lowest BCUT2D eigenvalue weighted by atomic mass is 10.0. The van der Waals surface area contributed by atoms with E-state index in [-0.39, 0.29) is 0 Å². The van der Waals surface area contributed by atoms with Gasteiger partial charge in [0.1, 0.15) is 5.82 Å². The van der Waals surface area contributed by atoms with Gasteiger partial charge in [0.15, 0.2) is 0 Å². The molecule has 0 bridgehead atoms. The van der Waals surface area contributed by atoms with Crippen molar-refractivity contribution < 1.29 is 0 Å². The van der Waals surface area contributed by atoms with Gasteiger partial charge in [-0.1, -0.05) is 13.8 Å². The second kappa shape index (κ2) is 3.44. The van der Waals surface area contributed by atoms with E-state index in [4.69, 9.17) is 0 Å². The molecule has 0 aliphatic carbocycles. The first kappa shape index (κ1) is 9.24. The topological polar surface area (TPSA) is 24.9 Å². The molecule has 70 valence electrons. The Hall–Kier alpha value is -0.320. The van der Waals surface area contributed by atoms with E-state index in [1.807, 2.05) is 6.20 Å². The first-order chi connectivity index (χ1) is 6.18. The quantitative estimate of drug-likeness (QED) is 0.804. The van der Waals surface area contributed by atoms with E-state index in [1.54, 1.807) is 0 Å². The number of rotatable bonds is 1. The maximum absolute atomic E-state index is 4.34. The molecule has 0 fully saturated rings. The second-order valence-electron chi connectivity index (χ2n) is 3.82. The van der Waals surface area contributed by atoms with Crippen molar-refractivity contribution in [3.05, 3.63) is 21.4 Å². The van der Waals surface area contributed by atoms with Gasteiger partial charge in [0.05, 0.1) is 0 Å². The maximum atomic E-state index is 4.34. The summed E-state index contributed by atoms with van der Waals surface area (Å²) in [5, 5.41) is 3.46. The van der Waals surface area contributed by atoms with Crippen LogP contribution in [0.2, 0.25) is 0 Å². The predicted molar refractivity (Wildman–Crippen MR) is 62.9 cm³/mol. The first-order valence-corrected chi connectivity index (χ1v) is 5.66. The smallest absolute Gasteiger partial charge is 0.130 e. The van der Waals surface area contributed by atoms with E-state index in [2.05, 4.69) is 52.8 Å². The van der Waals surface area contributed by atoms with Gasteiger partial charge < -0.3 is 5.32 Å². The zero-order chi connectivity index (χ0) is 9.42. The van der Waals surface area contributed by atoms with Gasteiger partial charge in [-0.25, -0.2) is 4.98 Å². The first-order valence-electron chi connectivity index (χ1n) is 4.58. The minimum atomic E-state index is 0.568. The third kappa shape index (κ3) is 1.66. The Morgan fingerprint density at radius 3 is 3.00 bits per heavy atom. The summed E-state index contributed by atoms with van der Waals surface area (Å²) >= 11 is 2.38. The average molecular weight is 288 g/mol. The van der Waals surface area contributed by atoms with Crippen LogP contribution >= 0.6 is 22.6 Å². The molecule has 0 saturated carbocycles. The molecule has 1 aromatic rings. The van der Waals surface area contributed by atoms with Crippen LogP contribution in [0.1, 0.15) is 19.4 Å². The highest BCUT2D eigenvalue weighted by atomic mass is 127. The molecular formula is C10H13IN2. The summed E-state index contributed by atoms with van der Waals surface area (Å²) in [6.07, 6.45) is 3.00. The van der Waals surface area contributed by atoms with Gasteiger partial charge in [-0.3, -0.25) is 0 Å². The molecule has 0 unspecified atom stereocenters. The largest absolute Gasteiger partial charge is 0.366 e. The normalized spacial score (nSPS) is 20.2. The Morgan fingerprint density at radius 1 is 1.62 bits per heavy atom. The molecule has 0 saturated heterocycles. The monoisotopic (exact) mass is 288 g/mol. The minimum absolute atomic E-state index is 0.568. The highest BCUT2D eigenvalue weighted by Gasteiger charge is 2.25. The van der Waals surface area contributed by atoms with Crippen molar-refractivity contribution in [2.75, 3.05) is 5.32 Å². The molecule has 1 atom stereocenters. The number of halogens is 1. The van der Waals surface area contributed by atoms with E-state index < -0.39 is 0 Å². The van der Waals surface area contributed by atoms with Crippen LogP contribution in [0.25, 0.3) is 0 Å². The van der Waals surface area contributed by atoms with Gasteiger partial charge in [0.2, 0.25) is 0 Å². The molecule has 1 N–H and O–H groups in total. The Balaban J connectivity index is 2.30. The van der Waals surface area contributed by atoms with Gasteiger partial charge >= 0.3 is 0 Å². The molecular weight excluding hydrogens is 275 g/mol. The van der Waals surface area contributed by atoms with Crippen molar-refractivity contribution in [1.29, 1.82) is 0 Å². The number of hydrogen-bond acceptors (Lipinski definition) is 2. The van der Waals surface area contributed by atoms with Gasteiger partial charge in [-0.15, -0.1) is 0 Å². The van der Waals surface area contributed by atoms with Crippen LogP contribution in [0.5, 0.6) is 0 Å². The Kier molecular flexibility index (Phi) is 2.45. The summed E-state index contributed by atoms with van der Waals surface area (Å²) in [5.74, 6) is 1.76. The fourth-order valence-corrected chi connectivity index (χ4v) is 2.27. The van der Waals surface area contributed by atoms with Crippen molar-refractivity contribution in [1.82, 2.24) is 4.98 Å². The van der Waals surface area contributed by atoms with Crippen LogP contribution < -0.4 is 5.32 Å². The molecule has 2 rings (SSSR count). The molecule has 1 aliphatic rings. The number of nitrogens with zero attached hydrogens (tertiary/aromatic N) is 1. The van der Waals surface area contributed by atoms with Gasteiger partial charge in [0, 0.05) is 21.4 Å². The number of pyridine rings is 1. The fourth-order valence-electron chi connectivity index (χ4n) is 1.64. The molecule has 3 heteroatoms. The van der Waals surface area contributed by atoms with Gasteiger partial charge in [0.25, 0.3) is 0 Å². The molecule has 13 heavy (non-hydrogen) atoms. The number of hydrogen-bond donors (Lipinski definition) is 1. The number of aromatic nitrogens is 1. The summed E-state index contributed by atoms with van der Waals surface area (Å²) < 4.78 is 1.33. The summed E-state index contributed by atoms with van der Waals surface area (Å²) in [4.78, 5) is 4.34. The van der Waals surface area contributed by atoms with Crippen molar-refractivity contribution in [3.8, 4) is 0 Å². The van der Waals surface area contributed by atoms with Crippen molar-refractivity contribution in [2.24, 2.45) is 5.92 Å². The minimum Gasteiger partial charge on any atom is -0.366 e. The second-order valence-corrected chi connectivity index (χ2v) is 4.98. The summed E-state index contributed by atoms with van der Waals surface area (Å²) in [6.45, 7) is 4.49. The lowest BCUT2D eigenvalue weighted by Crippen LogP contribution is -2.22. The fraction of sp³-hybridized carbons (Fsp3) is 0.500. The van der Waals surface area contributed by atoms with E-state index >= 15 is 0 Å². The Labute approximate surface area is 92.3 Å². The highest BCUT2D eigenvalue weighted by molar-refractivity contribution is 14.1. The SMILES string of the molecule is CC(C)[C@H]1Cc2c(I)ccnc2N1. The molecule has 0 aromatic carbocycles. The standard InChI is InChI=1S/C10H13IN2/c1-6(2)9-5-7-8(11)3-4-12-10(7)13-9/h3-4,6,9H,5H2,1-2H3,(H,12,13)/t9-/m1/s1. The van der Waals surface area contributed by atoms with E-state index in [1.165, 1.54) is 9.13 Å². The molecule has 2 heterocycles. The van der Waals surface area contributed by atoms with Crippen LogP contribution in [-0.4, -0.2) is 11.0 Å². The van der Waals surface area contributed by atoms with Crippen molar-refractivity contribution in [2.45, 2.75) is 26.3 Å². The van der Waals surface area contributed by atoms with E-state index in [0.29, 0.717) is 12.0 Å². The molecule has 1 aromatic heterocycles. The Bertz CT molecular complexity index is 323. The number of anilines is 1. The van der Waals surface area contributed by atoms with E-state index in [9.17, 15) is 0 Å². The average Bonchev–Trinajstić information content (AvgIpc) is 2.49. The Morgan fingerprint density at radius 2 is 2.38 bits per heavy atom. The van der Waals surface area contributed by atoms with Crippen LogP contribution in [0.4, 0.5) is 5.82 Å². The van der Waals surface area contributed by atoms with Crippen molar-refractivity contribution >= 4 is 28.4 Å². The maximum Gasteiger partial charge on any atom is 0.130 e. The van der Waals surface area contributed by atoms with Gasteiger partial charge in [-0.2, -0.15) is 0 Å². The summed E-state index contributed by atoms with van der Waals surface area (Å²) in [5.41, 5.74) is 1.39. The van der Waals surface area contributed by atoms with Crippen LogP contribution in [0.3, 0.4) is 0 Å². The van der Waals surface area contributed by atoms with Gasteiger partial charge in [-0.05, 0) is 41.0 Å². The van der Waals surface area contributed by atoms with Crippen LogP contribution in [0, 0.1) is 9.49 Å². The summed E-state index contributed by atoms with van der Waals surface area (Å²) in [7, 11) is 0. The molecule has 1 aliphatic heterocycles. The number of fused-ring (bicyclic) bond motifs is 1.